The van der Waals surface area contributed by atoms with Crippen molar-refractivity contribution in [3.8, 4) is 6.07 Å². The van der Waals surface area contributed by atoms with E-state index in [4.69, 9.17) is 10.00 Å². The van der Waals surface area contributed by atoms with E-state index in [0.29, 0.717) is 29.0 Å². The summed E-state index contributed by atoms with van der Waals surface area (Å²) in [6, 6.07) is 3.89. The Morgan fingerprint density at radius 2 is 2.23 bits per heavy atom. The van der Waals surface area contributed by atoms with E-state index < -0.39 is 5.97 Å². The number of nitrogens with zero attached hydrogens (tertiary/aromatic N) is 4. The highest BCUT2D eigenvalue weighted by molar-refractivity contribution is 5.89. The van der Waals surface area contributed by atoms with Crippen LogP contribution in [0.2, 0.25) is 0 Å². The van der Waals surface area contributed by atoms with Crippen molar-refractivity contribution < 1.29 is 9.53 Å². The lowest BCUT2D eigenvalue weighted by atomic mass is 10.3. The Hall–Kier alpha value is -2.62. The Morgan fingerprint density at radius 3 is 2.86 bits per heavy atom. The molecule has 0 bridgehead atoms. The van der Waals surface area contributed by atoms with Crippen LogP contribution in [0.1, 0.15) is 65.3 Å². The predicted octanol–water partition coefficient (Wildman–Crippen LogP) is 2.05. The molecule has 2 aliphatic rings. The van der Waals surface area contributed by atoms with Gasteiger partial charge in [0.1, 0.15) is 17.6 Å². The maximum absolute atomic E-state index is 12.0. The Kier molecular flexibility index (Phi) is 2.96. The van der Waals surface area contributed by atoms with Gasteiger partial charge in [0.05, 0.1) is 5.56 Å². The molecule has 7 nitrogen and oxygen atoms in total. The van der Waals surface area contributed by atoms with E-state index >= 15 is 0 Å². The second kappa shape index (κ2) is 4.98. The van der Waals surface area contributed by atoms with Crippen molar-refractivity contribution in [3.63, 3.8) is 0 Å². The molecule has 2 aliphatic carbocycles. The van der Waals surface area contributed by atoms with Crippen LogP contribution in [0.5, 0.6) is 0 Å². The molecule has 0 aromatic carbocycles. The van der Waals surface area contributed by atoms with Crippen molar-refractivity contribution >= 4 is 5.97 Å². The normalized spacial score (nSPS) is 17.2. The second-order valence-corrected chi connectivity index (χ2v) is 5.84. The zero-order valence-corrected chi connectivity index (χ0v) is 12.0. The number of carbonyl (C=O) groups excluding carboxylic acids is 1. The third-order valence-electron chi connectivity index (χ3n) is 4.02. The number of aromatic nitrogens is 4. The number of ether oxygens (including phenoxy) is 1. The number of nitriles is 1. The molecule has 7 heteroatoms. The Morgan fingerprint density at radius 1 is 1.41 bits per heavy atom. The van der Waals surface area contributed by atoms with Crippen molar-refractivity contribution in [2.24, 2.45) is 0 Å². The molecule has 2 aromatic rings. The molecular formula is C15H15N5O2. The fourth-order valence-electron chi connectivity index (χ4n) is 2.58. The fourth-order valence-corrected chi connectivity index (χ4v) is 2.58. The van der Waals surface area contributed by atoms with E-state index in [2.05, 4.69) is 19.7 Å². The average Bonchev–Trinajstić information content (AvgIpc) is 3.46. The Labute approximate surface area is 126 Å². The summed E-state index contributed by atoms with van der Waals surface area (Å²) < 4.78 is 7.47. The molecule has 0 saturated heterocycles. The maximum Gasteiger partial charge on any atom is 0.340 e. The van der Waals surface area contributed by atoms with Gasteiger partial charge in [-0.15, -0.1) is 10.2 Å². The van der Waals surface area contributed by atoms with E-state index in [1.807, 2.05) is 6.07 Å². The quantitative estimate of drug-likeness (QED) is 0.852. The van der Waals surface area contributed by atoms with Gasteiger partial charge in [-0.2, -0.15) is 5.26 Å². The number of aromatic amines is 1. The highest BCUT2D eigenvalue weighted by atomic mass is 16.5. The van der Waals surface area contributed by atoms with Crippen LogP contribution in [-0.2, 0) is 11.3 Å². The molecule has 0 unspecified atom stereocenters. The van der Waals surface area contributed by atoms with E-state index in [1.54, 1.807) is 0 Å². The molecular weight excluding hydrogens is 282 g/mol. The summed E-state index contributed by atoms with van der Waals surface area (Å²) in [7, 11) is 0. The zero-order valence-electron chi connectivity index (χ0n) is 12.0. The minimum absolute atomic E-state index is 0.113. The molecule has 0 radical (unpaired) electrons. The topological polar surface area (TPSA) is 96.6 Å². The number of esters is 1. The van der Waals surface area contributed by atoms with E-state index in [-0.39, 0.29) is 6.61 Å². The first-order chi connectivity index (χ1) is 10.8. The average molecular weight is 297 g/mol. The monoisotopic (exact) mass is 297 g/mol. The number of carbonyl (C=O) groups is 1. The number of H-pyrrole nitrogens is 1. The molecule has 22 heavy (non-hydrogen) atoms. The van der Waals surface area contributed by atoms with Gasteiger partial charge in [0.15, 0.2) is 12.4 Å². The van der Waals surface area contributed by atoms with Crippen LogP contribution in [0.4, 0.5) is 0 Å². The highest BCUT2D eigenvalue weighted by Crippen LogP contribution is 2.44. The summed E-state index contributed by atoms with van der Waals surface area (Å²) >= 11 is 0. The van der Waals surface area contributed by atoms with Crippen molar-refractivity contribution in [1.82, 2.24) is 19.7 Å². The van der Waals surface area contributed by atoms with Gasteiger partial charge in [-0.1, -0.05) is 0 Å². The van der Waals surface area contributed by atoms with Crippen LogP contribution in [0.3, 0.4) is 0 Å². The number of nitrogens with one attached hydrogen (secondary N) is 1. The molecule has 0 aliphatic heterocycles. The van der Waals surface area contributed by atoms with E-state index in [0.717, 1.165) is 18.7 Å². The third kappa shape index (κ3) is 2.37. The van der Waals surface area contributed by atoms with Crippen LogP contribution in [-0.4, -0.2) is 25.7 Å². The minimum Gasteiger partial charge on any atom is -0.454 e. The molecule has 2 aromatic heterocycles. The van der Waals surface area contributed by atoms with E-state index in [1.165, 1.54) is 25.1 Å². The molecule has 0 spiro atoms. The van der Waals surface area contributed by atoms with Gasteiger partial charge < -0.3 is 14.3 Å². The molecule has 0 atom stereocenters. The fraction of sp³-hybridized carbons (Fsp3) is 0.467. The molecule has 2 fully saturated rings. The van der Waals surface area contributed by atoms with Crippen molar-refractivity contribution in [1.29, 1.82) is 5.26 Å². The number of rotatable bonds is 5. The van der Waals surface area contributed by atoms with Crippen LogP contribution in [0.25, 0.3) is 0 Å². The molecule has 4 rings (SSSR count). The van der Waals surface area contributed by atoms with Gasteiger partial charge in [0, 0.05) is 18.2 Å². The first-order valence-electron chi connectivity index (χ1n) is 7.45. The van der Waals surface area contributed by atoms with Gasteiger partial charge in [-0.3, -0.25) is 0 Å². The van der Waals surface area contributed by atoms with Crippen LogP contribution in [0.15, 0.2) is 12.3 Å². The maximum atomic E-state index is 12.0. The van der Waals surface area contributed by atoms with Crippen molar-refractivity contribution in [3.05, 3.63) is 35.2 Å². The standard InChI is InChI=1S/C15H15N5O2/c16-6-11-5-10(7-17-11)15(21)22-8-13-18-19-14(9-1-2-9)20(13)12-3-4-12/h5,7,9,12,17H,1-4,8H2. The number of hydrogen-bond donors (Lipinski definition) is 1. The zero-order chi connectivity index (χ0) is 15.1. The summed E-state index contributed by atoms with van der Waals surface area (Å²) in [5, 5.41) is 17.2. The van der Waals surface area contributed by atoms with Gasteiger partial charge in [0.25, 0.3) is 0 Å². The van der Waals surface area contributed by atoms with Crippen LogP contribution >= 0.6 is 0 Å². The summed E-state index contributed by atoms with van der Waals surface area (Å²) in [5.41, 5.74) is 0.681. The van der Waals surface area contributed by atoms with Gasteiger partial charge in [-0.05, 0) is 31.7 Å². The molecule has 2 heterocycles. The Bertz CT molecular complexity index is 761. The molecule has 2 saturated carbocycles. The van der Waals surface area contributed by atoms with Crippen LogP contribution < -0.4 is 0 Å². The first kappa shape index (κ1) is 13.1. The van der Waals surface area contributed by atoms with Crippen LogP contribution in [0, 0.1) is 11.3 Å². The first-order valence-corrected chi connectivity index (χ1v) is 7.45. The highest BCUT2D eigenvalue weighted by Gasteiger charge is 2.36. The molecule has 112 valence electrons. The summed E-state index contributed by atoms with van der Waals surface area (Å²) in [6.45, 7) is 0.113. The SMILES string of the molecule is N#Cc1cc(C(=O)OCc2nnc(C3CC3)n2C2CC2)c[nH]1. The Balaban J connectivity index is 1.47. The number of hydrogen-bond acceptors (Lipinski definition) is 5. The third-order valence-corrected chi connectivity index (χ3v) is 4.02. The van der Waals surface area contributed by atoms with Crippen molar-refractivity contribution in [2.45, 2.75) is 44.2 Å². The summed E-state index contributed by atoms with van der Waals surface area (Å²) in [4.78, 5) is 14.7. The lowest BCUT2D eigenvalue weighted by molar-refractivity contribution is 0.0457. The lowest BCUT2D eigenvalue weighted by Crippen LogP contribution is -2.10. The second-order valence-electron chi connectivity index (χ2n) is 5.84. The molecule has 1 N–H and O–H groups in total. The largest absolute Gasteiger partial charge is 0.454 e. The van der Waals surface area contributed by atoms with E-state index in [9.17, 15) is 4.79 Å². The predicted molar refractivity (Wildman–Crippen MR) is 74.9 cm³/mol. The smallest absolute Gasteiger partial charge is 0.340 e. The molecule has 0 amide bonds. The van der Waals surface area contributed by atoms with Crippen molar-refractivity contribution in [2.75, 3.05) is 0 Å². The lowest BCUT2D eigenvalue weighted by Gasteiger charge is -2.08. The van der Waals surface area contributed by atoms with Gasteiger partial charge in [0.2, 0.25) is 0 Å². The minimum atomic E-state index is -0.462. The van der Waals surface area contributed by atoms with Gasteiger partial charge >= 0.3 is 5.97 Å². The van der Waals surface area contributed by atoms with Gasteiger partial charge in [-0.25, -0.2) is 4.79 Å². The summed E-state index contributed by atoms with van der Waals surface area (Å²) in [6.07, 6.45) is 6.10. The summed E-state index contributed by atoms with van der Waals surface area (Å²) in [5.74, 6) is 1.83.